The van der Waals surface area contributed by atoms with E-state index in [1.54, 1.807) is 12.1 Å². The topological polar surface area (TPSA) is 58.2 Å². The fourth-order valence-electron chi connectivity index (χ4n) is 1.97. The highest BCUT2D eigenvalue weighted by atomic mass is 19.1. The van der Waals surface area contributed by atoms with Crippen molar-refractivity contribution in [3.8, 4) is 0 Å². The normalized spacial score (nSPS) is 10.2. The van der Waals surface area contributed by atoms with Crippen molar-refractivity contribution >= 4 is 23.2 Å². The summed E-state index contributed by atoms with van der Waals surface area (Å²) in [5, 5.41) is 5.07. The largest absolute Gasteiger partial charge is 0.324 e. The van der Waals surface area contributed by atoms with Crippen LogP contribution in [0.1, 0.15) is 28.4 Å². The molecule has 0 atom stereocenters. The molecule has 0 spiro atoms. The molecule has 0 bridgehead atoms. The summed E-state index contributed by atoms with van der Waals surface area (Å²) in [6.07, 6.45) is 0. The smallest absolute Gasteiger partial charge is 0.255 e. The van der Waals surface area contributed by atoms with Crippen LogP contribution in [0.25, 0.3) is 0 Å². The number of anilines is 2. The number of hydrogen-bond acceptors (Lipinski definition) is 2. The first kappa shape index (κ1) is 15.7. The molecule has 0 aliphatic carbocycles. The number of halogens is 1. The number of benzene rings is 2. The monoisotopic (exact) mass is 300 g/mol. The Morgan fingerprint density at radius 2 is 1.68 bits per heavy atom. The highest BCUT2D eigenvalue weighted by molar-refractivity contribution is 6.04. The molecule has 0 radical (unpaired) electrons. The third kappa shape index (κ3) is 3.69. The van der Waals surface area contributed by atoms with Crippen molar-refractivity contribution in [1.29, 1.82) is 0 Å². The van der Waals surface area contributed by atoms with Gasteiger partial charge in [-0.2, -0.15) is 0 Å². The lowest BCUT2D eigenvalue weighted by Crippen LogP contribution is -2.13. The van der Waals surface area contributed by atoms with E-state index in [4.69, 9.17) is 0 Å². The zero-order valence-electron chi connectivity index (χ0n) is 12.7. The molecule has 0 aliphatic heterocycles. The SMILES string of the molecule is CC(=O)Nc1cc(NC(=O)c2ccc(C)c(C)c2)ccc1F. The van der Waals surface area contributed by atoms with Crippen LogP contribution in [-0.2, 0) is 4.79 Å². The number of aryl methyl sites for hydroxylation is 2. The van der Waals surface area contributed by atoms with Crippen molar-refractivity contribution in [2.75, 3.05) is 10.6 Å². The number of carbonyl (C=O) groups excluding carboxylic acids is 2. The second-order valence-corrected chi connectivity index (χ2v) is 5.13. The molecule has 2 aromatic carbocycles. The van der Waals surface area contributed by atoms with Gasteiger partial charge >= 0.3 is 0 Å². The number of amides is 2. The van der Waals surface area contributed by atoms with Gasteiger partial charge in [-0.15, -0.1) is 0 Å². The molecular weight excluding hydrogens is 283 g/mol. The Labute approximate surface area is 128 Å². The average Bonchev–Trinajstić information content (AvgIpc) is 2.45. The molecule has 0 unspecified atom stereocenters. The highest BCUT2D eigenvalue weighted by Gasteiger charge is 2.10. The summed E-state index contributed by atoms with van der Waals surface area (Å²) < 4.78 is 13.6. The second-order valence-electron chi connectivity index (χ2n) is 5.13. The number of hydrogen-bond donors (Lipinski definition) is 2. The Balaban J connectivity index is 2.21. The third-order valence-corrected chi connectivity index (χ3v) is 3.30. The van der Waals surface area contributed by atoms with E-state index in [1.165, 1.54) is 25.1 Å². The lowest BCUT2D eigenvalue weighted by atomic mass is 10.1. The predicted octanol–water partition coefficient (Wildman–Crippen LogP) is 3.65. The second kappa shape index (κ2) is 6.39. The number of carbonyl (C=O) groups is 2. The molecule has 22 heavy (non-hydrogen) atoms. The standard InChI is InChI=1S/C17H17FN2O2/c1-10-4-5-13(8-11(10)2)17(22)20-14-6-7-15(18)16(9-14)19-12(3)21/h4-9H,1-3H3,(H,19,21)(H,20,22). The molecule has 0 fully saturated rings. The minimum Gasteiger partial charge on any atom is -0.324 e. The molecule has 0 saturated carbocycles. The summed E-state index contributed by atoms with van der Waals surface area (Å²) in [6, 6.07) is 9.42. The van der Waals surface area contributed by atoms with Gasteiger partial charge < -0.3 is 10.6 Å². The van der Waals surface area contributed by atoms with Crippen molar-refractivity contribution in [2.45, 2.75) is 20.8 Å². The molecular formula is C17H17FN2O2. The summed E-state index contributed by atoms with van der Waals surface area (Å²) >= 11 is 0. The maximum atomic E-state index is 13.6. The summed E-state index contributed by atoms with van der Waals surface area (Å²) in [4.78, 5) is 23.2. The van der Waals surface area contributed by atoms with Crippen LogP contribution in [0, 0.1) is 19.7 Å². The van der Waals surface area contributed by atoms with Gasteiger partial charge in [-0.05, 0) is 55.3 Å². The van der Waals surface area contributed by atoms with E-state index in [0.717, 1.165) is 11.1 Å². The van der Waals surface area contributed by atoms with Crippen LogP contribution < -0.4 is 10.6 Å². The van der Waals surface area contributed by atoms with Crippen LogP contribution >= 0.6 is 0 Å². The minimum absolute atomic E-state index is 0.0328. The Hall–Kier alpha value is -2.69. The molecule has 0 heterocycles. The summed E-state index contributed by atoms with van der Waals surface area (Å²) in [7, 11) is 0. The van der Waals surface area contributed by atoms with Gasteiger partial charge in [0.1, 0.15) is 5.82 Å². The molecule has 2 amide bonds. The van der Waals surface area contributed by atoms with E-state index < -0.39 is 5.82 Å². The Bertz CT molecular complexity index is 741. The lowest BCUT2D eigenvalue weighted by molar-refractivity contribution is -0.114. The Kier molecular flexibility index (Phi) is 4.56. The molecule has 114 valence electrons. The third-order valence-electron chi connectivity index (χ3n) is 3.30. The van der Waals surface area contributed by atoms with Crippen LogP contribution in [0.5, 0.6) is 0 Å². The van der Waals surface area contributed by atoms with Crippen LogP contribution in [-0.4, -0.2) is 11.8 Å². The van der Waals surface area contributed by atoms with E-state index in [9.17, 15) is 14.0 Å². The summed E-state index contributed by atoms with van der Waals surface area (Å²) in [5.74, 6) is -1.22. The van der Waals surface area contributed by atoms with Crippen molar-refractivity contribution in [3.05, 3.63) is 58.9 Å². The molecule has 5 heteroatoms. The van der Waals surface area contributed by atoms with Crippen LogP contribution in [0.15, 0.2) is 36.4 Å². The molecule has 2 N–H and O–H groups in total. The fraction of sp³-hybridized carbons (Fsp3) is 0.176. The minimum atomic E-state index is -0.556. The maximum absolute atomic E-state index is 13.6. The van der Waals surface area contributed by atoms with Gasteiger partial charge in [0, 0.05) is 18.2 Å². The van der Waals surface area contributed by atoms with Crippen LogP contribution in [0.4, 0.5) is 15.8 Å². The van der Waals surface area contributed by atoms with E-state index in [-0.39, 0.29) is 17.5 Å². The van der Waals surface area contributed by atoms with Crippen LogP contribution in [0.3, 0.4) is 0 Å². The average molecular weight is 300 g/mol. The molecule has 0 saturated heterocycles. The molecule has 2 aromatic rings. The van der Waals surface area contributed by atoms with E-state index in [0.29, 0.717) is 11.3 Å². The van der Waals surface area contributed by atoms with Gasteiger partial charge in [0.2, 0.25) is 5.91 Å². The van der Waals surface area contributed by atoms with E-state index in [1.807, 2.05) is 19.9 Å². The van der Waals surface area contributed by atoms with Crippen molar-refractivity contribution in [2.24, 2.45) is 0 Å². The maximum Gasteiger partial charge on any atom is 0.255 e. The summed E-state index contributed by atoms with van der Waals surface area (Å²) in [5.41, 5.74) is 3.09. The van der Waals surface area contributed by atoms with Gasteiger partial charge in [-0.1, -0.05) is 6.07 Å². The van der Waals surface area contributed by atoms with Crippen molar-refractivity contribution in [3.63, 3.8) is 0 Å². The first-order valence-electron chi connectivity index (χ1n) is 6.82. The zero-order valence-corrected chi connectivity index (χ0v) is 12.7. The van der Waals surface area contributed by atoms with E-state index in [2.05, 4.69) is 10.6 Å². The van der Waals surface area contributed by atoms with Gasteiger partial charge in [-0.3, -0.25) is 9.59 Å². The number of nitrogens with one attached hydrogen (secondary N) is 2. The van der Waals surface area contributed by atoms with Gasteiger partial charge in [0.25, 0.3) is 5.91 Å². The Morgan fingerprint density at radius 1 is 0.955 bits per heavy atom. The quantitative estimate of drug-likeness (QED) is 0.909. The van der Waals surface area contributed by atoms with Gasteiger partial charge in [0.05, 0.1) is 5.69 Å². The van der Waals surface area contributed by atoms with Crippen LogP contribution in [0.2, 0.25) is 0 Å². The lowest BCUT2D eigenvalue weighted by Gasteiger charge is -2.10. The molecule has 0 aliphatic rings. The van der Waals surface area contributed by atoms with Gasteiger partial charge in [0.15, 0.2) is 0 Å². The predicted molar refractivity (Wildman–Crippen MR) is 84.6 cm³/mol. The number of rotatable bonds is 3. The van der Waals surface area contributed by atoms with Gasteiger partial charge in [-0.25, -0.2) is 4.39 Å². The first-order valence-corrected chi connectivity index (χ1v) is 6.82. The van der Waals surface area contributed by atoms with E-state index >= 15 is 0 Å². The Morgan fingerprint density at radius 3 is 2.32 bits per heavy atom. The van der Waals surface area contributed by atoms with Crippen molar-refractivity contribution in [1.82, 2.24) is 0 Å². The zero-order chi connectivity index (χ0) is 16.3. The molecule has 2 rings (SSSR count). The fourth-order valence-corrected chi connectivity index (χ4v) is 1.97. The molecule has 0 aromatic heterocycles. The van der Waals surface area contributed by atoms with Crippen molar-refractivity contribution < 1.29 is 14.0 Å². The highest BCUT2D eigenvalue weighted by Crippen LogP contribution is 2.20. The molecule has 4 nitrogen and oxygen atoms in total. The first-order chi connectivity index (χ1) is 10.4. The summed E-state index contributed by atoms with van der Waals surface area (Å²) in [6.45, 7) is 5.19.